The summed E-state index contributed by atoms with van der Waals surface area (Å²) in [6.45, 7) is 4.49. The van der Waals surface area contributed by atoms with Gasteiger partial charge in [-0.15, -0.1) is 0 Å². The van der Waals surface area contributed by atoms with Crippen LogP contribution in [-0.4, -0.2) is 0 Å². The molecule has 0 saturated heterocycles. The van der Waals surface area contributed by atoms with Gasteiger partial charge in [-0.1, -0.05) is 0 Å². The largest absolute Gasteiger partial charge is 1.00 e. The Morgan fingerprint density at radius 2 is 1.36 bits per heavy atom. The summed E-state index contributed by atoms with van der Waals surface area (Å²) in [7, 11) is 0. The molecule has 74 valence electrons. The van der Waals surface area contributed by atoms with E-state index in [-0.39, 0.29) is 12.4 Å². The van der Waals surface area contributed by atoms with Gasteiger partial charge in [0.15, 0.2) is 0 Å². The number of hydrogen-bond donors (Lipinski definition) is 0. The van der Waals surface area contributed by atoms with Gasteiger partial charge in [-0.05, 0) is 0 Å². The molecule has 0 bridgehead atoms. The number of hydrogen-bond acceptors (Lipinski definition) is 0. The number of halogens is 1. The molecule has 0 amide bonds. The molecule has 2 aliphatic carbocycles. The summed E-state index contributed by atoms with van der Waals surface area (Å²) in [5.74, 6) is 0. The maximum atomic E-state index is 2.29. The molecule has 0 radical (unpaired) electrons. The van der Waals surface area contributed by atoms with E-state index >= 15 is 0 Å². The van der Waals surface area contributed by atoms with Gasteiger partial charge < -0.3 is 12.4 Å². The summed E-state index contributed by atoms with van der Waals surface area (Å²) >= 11 is 0.322. The Hall–Kier alpha value is -0.166. The molecule has 14 heavy (non-hydrogen) atoms. The smallest absolute Gasteiger partial charge is 1.00 e. The summed E-state index contributed by atoms with van der Waals surface area (Å²) in [6.07, 6.45) is 11.5. The average Bonchev–Trinajstić information content (AvgIpc) is 2.65. The van der Waals surface area contributed by atoms with Gasteiger partial charge >= 0.3 is 87.0 Å². The Balaban J connectivity index is 0.000000980. The molecule has 0 N–H and O–H groups in total. The topological polar surface area (TPSA) is 0 Å². The Kier molecular flexibility index (Phi) is 4.31. The molecule has 0 fully saturated rings. The minimum atomic E-state index is 0. The third kappa shape index (κ3) is 2.45. The predicted molar refractivity (Wildman–Crippen MR) is 52.9 cm³/mol. The summed E-state index contributed by atoms with van der Waals surface area (Å²) in [4.78, 5) is 0. The molecule has 0 aromatic rings. The van der Waals surface area contributed by atoms with Crippen LogP contribution in [-0.2, 0) is 16.3 Å². The molecule has 0 heterocycles. The van der Waals surface area contributed by atoms with Crippen LogP contribution in [0.15, 0.2) is 44.0 Å². The van der Waals surface area contributed by atoms with Crippen molar-refractivity contribution in [3.8, 4) is 0 Å². The number of allylic oxidation sites excluding steroid dienone is 8. The van der Waals surface area contributed by atoms with Crippen LogP contribution >= 0.6 is 0 Å². The van der Waals surface area contributed by atoms with Gasteiger partial charge in [0.1, 0.15) is 0 Å². The Bertz CT molecular complexity index is 311. The standard InChI is InChI=1S/2C6H7.ClH.V/c2*1-6-4-2-3-5-6;;/h2*2,4H,3H2,1H3;1H;/q;;;+1/p-1. The second-order valence-corrected chi connectivity index (χ2v) is 5.62. The van der Waals surface area contributed by atoms with Crippen LogP contribution in [0.3, 0.4) is 0 Å². The van der Waals surface area contributed by atoms with E-state index in [1.54, 1.807) is 8.57 Å². The van der Waals surface area contributed by atoms with E-state index in [1.165, 1.54) is 24.0 Å². The summed E-state index contributed by atoms with van der Waals surface area (Å²) in [5.41, 5.74) is 3.04. The quantitative estimate of drug-likeness (QED) is 0.665. The molecular formula is C12H14ClV. The van der Waals surface area contributed by atoms with E-state index in [0.717, 1.165) is 0 Å². The van der Waals surface area contributed by atoms with Crippen molar-refractivity contribution >= 4 is 0 Å². The molecular weight excluding hydrogens is 231 g/mol. The van der Waals surface area contributed by atoms with Crippen molar-refractivity contribution in [1.29, 1.82) is 0 Å². The summed E-state index contributed by atoms with van der Waals surface area (Å²) in [5, 5.41) is 0. The van der Waals surface area contributed by atoms with Crippen LogP contribution in [0.25, 0.3) is 0 Å². The van der Waals surface area contributed by atoms with Crippen molar-refractivity contribution in [3.05, 3.63) is 44.0 Å². The van der Waals surface area contributed by atoms with E-state index in [2.05, 4.69) is 38.2 Å². The fraction of sp³-hybridized carbons (Fsp3) is 0.333. The molecule has 0 atom stereocenters. The molecule has 2 heteroatoms. The molecule has 0 spiro atoms. The van der Waals surface area contributed by atoms with E-state index in [1.807, 2.05) is 0 Å². The normalized spacial score (nSPS) is 19.3. The maximum absolute atomic E-state index is 2.29. The molecule has 2 rings (SSSR count). The van der Waals surface area contributed by atoms with E-state index in [9.17, 15) is 0 Å². The van der Waals surface area contributed by atoms with E-state index < -0.39 is 0 Å². The second-order valence-electron chi connectivity index (χ2n) is 3.58. The van der Waals surface area contributed by atoms with Crippen molar-refractivity contribution < 1.29 is 28.7 Å². The Morgan fingerprint density at radius 3 is 1.64 bits per heavy atom. The molecule has 0 saturated carbocycles. The van der Waals surface area contributed by atoms with Crippen molar-refractivity contribution in [2.75, 3.05) is 0 Å². The fourth-order valence-corrected chi connectivity index (χ4v) is 3.55. The molecule has 0 nitrogen and oxygen atoms in total. The average molecular weight is 245 g/mol. The molecule has 0 aromatic heterocycles. The van der Waals surface area contributed by atoms with Gasteiger partial charge in [-0.25, -0.2) is 0 Å². The van der Waals surface area contributed by atoms with Crippen LogP contribution < -0.4 is 12.4 Å². The number of rotatable bonds is 2. The minimum absolute atomic E-state index is 0. The molecule has 2 aliphatic rings. The zero-order valence-corrected chi connectivity index (χ0v) is 10.7. The molecule has 0 aromatic carbocycles. The van der Waals surface area contributed by atoms with Gasteiger partial charge in [-0.2, -0.15) is 0 Å². The first-order chi connectivity index (χ1) is 6.27. The predicted octanol–water partition coefficient (Wildman–Crippen LogP) is 0.541. The van der Waals surface area contributed by atoms with Crippen molar-refractivity contribution in [2.24, 2.45) is 0 Å². The summed E-state index contributed by atoms with van der Waals surface area (Å²) in [6, 6.07) is 0. The molecule has 0 unspecified atom stereocenters. The minimum Gasteiger partial charge on any atom is -1.00 e. The van der Waals surface area contributed by atoms with Gasteiger partial charge in [0, 0.05) is 0 Å². The van der Waals surface area contributed by atoms with Crippen LogP contribution in [0.4, 0.5) is 0 Å². The van der Waals surface area contributed by atoms with Crippen molar-refractivity contribution in [3.63, 3.8) is 0 Å². The van der Waals surface area contributed by atoms with E-state index in [4.69, 9.17) is 0 Å². The van der Waals surface area contributed by atoms with E-state index in [0.29, 0.717) is 16.3 Å². The SMILES string of the molecule is CC1=[C]([V+][C]2=C(C)C=CC2)CC=C1.[Cl-]. The third-order valence-corrected chi connectivity index (χ3v) is 5.05. The zero-order chi connectivity index (χ0) is 9.26. The first-order valence-electron chi connectivity index (χ1n) is 4.71. The first kappa shape index (κ1) is 11.9. The van der Waals surface area contributed by atoms with Crippen LogP contribution in [0, 0.1) is 0 Å². The first-order valence-corrected chi connectivity index (χ1v) is 6.11. The van der Waals surface area contributed by atoms with Gasteiger partial charge in [-0.3, -0.25) is 0 Å². The Morgan fingerprint density at radius 1 is 0.929 bits per heavy atom. The van der Waals surface area contributed by atoms with Gasteiger partial charge in [0.05, 0.1) is 0 Å². The molecule has 0 aliphatic heterocycles. The van der Waals surface area contributed by atoms with Crippen molar-refractivity contribution in [1.82, 2.24) is 0 Å². The van der Waals surface area contributed by atoms with Crippen LogP contribution in [0.1, 0.15) is 26.7 Å². The van der Waals surface area contributed by atoms with Gasteiger partial charge in [0.2, 0.25) is 0 Å². The third-order valence-electron chi connectivity index (χ3n) is 2.54. The summed E-state index contributed by atoms with van der Waals surface area (Å²) < 4.78 is 3.41. The Labute approximate surface area is 99.3 Å². The monoisotopic (exact) mass is 244 g/mol. The fourth-order valence-electron chi connectivity index (χ4n) is 1.64. The van der Waals surface area contributed by atoms with Gasteiger partial charge in [0.25, 0.3) is 0 Å². The maximum Gasteiger partial charge on any atom is -1.00 e. The van der Waals surface area contributed by atoms with Crippen LogP contribution in [0.2, 0.25) is 0 Å². The van der Waals surface area contributed by atoms with Crippen molar-refractivity contribution in [2.45, 2.75) is 26.7 Å². The van der Waals surface area contributed by atoms with Crippen LogP contribution in [0.5, 0.6) is 0 Å². The second kappa shape index (κ2) is 5.07. The zero-order valence-electron chi connectivity index (χ0n) is 8.55.